The second-order valence-corrected chi connectivity index (χ2v) is 8.15. The van der Waals surface area contributed by atoms with Gasteiger partial charge in [0.05, 0.1) is 12.7 Å². The van der Waals surface area contributed by atoms with Crippen LogP contribution in [0.4, 0.5) is 0 Å². The number of hydrazine groups is 1. The maximum atomic E-state index is 9.29. The van der Waals surface area contributed by atoms with Crippen molar-refractivity contribution < 1.29 is 9.84 Å². The Kier molecular flexibility index (Phi) is 12.8. The van der Waals surface area contributed by atoms with Crippen LogP contribution >= 0.6 is 0 Å². The van der Waals surface area contributed by atoms with Crippen molar-refractivity contribution in [3.63, 3.8) is 0 Å². The van der Waals surface area contributed by atoms with Gasteiger partial charge >= 0.3 is 0 Å². The van der Waals surface area contributed by atoms with Crippen LogP contribution in [0.2, 0.25) is 0 Å². The topological polar surface area (TPSA) is 35.9 Å². The Balaban J connectivity index is 2.49. The summed E-state index contributed by atoms with van der Waals surface area (Å²) in [4.78, 5) is 0. The van der Waals surface area contributed by atoms with E-state index in [9.17, 15) is 5.11 Å². The number of hydrogen-bond donors (Lipinski definition) is 1. The van der Waals surface area contributed by atoms with Gasteiger partial charge in [0.25, 0.3) is 0 Å². The molecule has 0 aliphatic heterocycles. The second-order valence-electron chi connectivity index (χ2n) is 8.15. The van der Waals surface area contributed by atoms with E-state index in [1.165, 1.54) is 44.9 Å². The molecule has 0 amide bonds. The lowest BCUT2D eigenvalue weighted by Crippen LogP contribution is -2.49. The summed E-state index contributed by atoms with van der Waals surface area (Å²) in [5.74, 6) is 0.693. The summed E-state index contributed by atoms with van der Waals surface area (Å²) in [6.07, 6.45) is 12.9. The summed E-state index contributed by atoms with van der Waals surface area (Å²) in [5.41, 5.74) is 0. The van der Waals surface area contributed by atoms with Gasteiger partial charge < -0.3 is 9.84 Å². The Morgan fingerprint density at radius 2 is 1.68 bits per heavy atom. The molecule has 0 aromatic rings. The van der Waals surface area contributed by atoms with Crippen LogP contribution in [0.1, 0.15) is 85.0 Å². The van der Waals surface area contributed by atoms with Gasteiger partial charge in [-0.2, -0.15) is 0 Å². The predicted molar refractivity (Wildman–Crippen MR) is 107 cm³/mol. The van der Waals surface area contributed by atoms with Gasteiger partial charge in [0, 0.05) is 32.8 Å². The summed E-state index contributed by atoms with van der Waals surface area (Å²) in [6.45, 7) is 9.73. The van der Waals surface area contributed by atoms with E-state index in [4.69, 9.17) is 4.74 Å². The number of rotatable bonds is 12. The number of ether oxygens (including phenoxy) is 1. The van der Waals surface area contributed by atoms with Crippen molar-refractivity contribution in [1.82, 2.24) is 10.0 Å². The fraction of sp³-hybridized carbons (Fsp3) is 1.00. The maximum absolute atomic E-state index is 9.29. The van der Waals surface area contributed by atoms with Crippen molar-refractivity contribution in [3.8, 4) is 0 Å². The van der Waals surface area contributed by atoms with Gasteiger partial charge in [-0.3, -0.25) is 0 Å². The van der Waals surface area contributed by atoms with Crippen LogP contribution in [0.3, 0.4) is 0 Å². The molecule has 4 nitrogen and oxygen atoms in total. The molecule has 0 spiro atoms. The molecule has 1 saturated carbocycles. The maximum Gasteiger partial charge on any atom is 0.0611 e. The summed E-state index contributed by atoms with van der Waals surface area (Å²) >= 11 is 0. The number of aliphatic hydroxyl groups excluding tert-OH is 1. The van der Waals surface area contributed by atoms with E-state index in [0.29, 0.717) is 18.1 Å². The lowest BCUT2D eigenvalue weighted by Gasteiger charge is -2.39. The molecular weight excluding hydrogens is 312 g/mol. The van der Waals surface area contributed by atoms with Gasteiger partial charge in [0.15, 0.2) is 0 Å². The standard InChI is InChI=1S/C21H44N2O2/c1-5-21(18-19(2)3)25-17-15-22(4)23(14-11-16-24)20-12-9-7-6-8-10-13-20/h19-21,24H,5-18H2,1-4H3. The predicted octanol–water partition coefficient (Wildman–Crippen LogP) is 4.47. The first-order chi connectivity index (χ1) is 12.1. The van der Waals surface area contributed by atoms with Crippen molar-refractivity contribution >= 4 is 0 Å². The highest BCUT2D eigenvalue weighted by Gasteiger charge is 2.22. The molecule has 1 aliphatic carbocycles. The van der Waals surface area contributed by atoms with Gasteiger partial charge in [-0.1, -0.05) is 52.9 Å². The van der Waals surface area contributed by atoms with Crippen LogP contribution in [0.5, 0.6) is 0 Å². The smallest absolute Gasteiger partial charge is 0.0611 e. The van der Waals surface area contributed by atoms with Crippen molar-refractivity contribution in [1.29, 1.82) is 0 Å². The average molecular weight is 357 g/mol. The minimum Gasteiger partial charge on any atom is -0.396 e. The van der Waals surface area contributed by atoms with E-state index >= 15 is 0 Å². The highest BCUT2D eigenvalue weighted by Crippen LogP contribution is 2.22. The Morgan fingerprint density at radius 3 is 2.24 bits per heavy atom. The van der Waals surface area contributed by atoms with Crippen LogP contribution in [-0.2, 0) is 4.74 Å². The fourth-order valence-corrected chi connectivity index (χ4v) is 3.96. The fourth-order valence-electron chi connectivity index (χ4n) is 3.96. The first-order valence-corrected chi connectivity index (χ1v) is 10.8. The molecule has 0 bridgehead atoms. The van der Waals surface area contributed by atoms with E-state index in [1.54, 1.807) is 0 Å². The molecular formula is C21H44N2O2. The highest BCUT2D eigenvalue weighted by atomic mass is 16.5. The highest BCUT2D eigenvalue weighted by molar-refractivity contribution is 4.73. The molecule has 0 saturated heterocycles. The molecule has 0 heterocycles. The SMILES string of the molecule is CCC(CC(C)C)OCCN(C)N(CCCO)C1CCCCCCC1. The molecule has 1 fully saturated rings. The quantitative estimate of drug-likeness (QED) is 0.523. The van der Waals surface area contributed by atoms with Crippen LogP contribution in [-0.4, -0.2) is 60.6 Å². The number of nitrogens with zero attached hydrogens (tertiary/aromatic N) is 2. The zero-order valence-electron chi connectivity index (χ0n) is 17.4. The zero-order valence-corrected chi connectivity index (χ0v) is 17.4. The zero-order chi connectivity index (χ0) is 18.5. The monoisotopic (exact) mass is 356 g/mol. The van der Waals surface area contributed by atoms with Crippen molar-refractivity contribution in [2.24, 2.45) is 5.92 Å². The van der Waals surface area contributed by atoms with Crippen LogP contribution in [0.25, 0.3) is 0 Å². The van der Waals surface area contributed by atoms with E-state index in [1.807, 2.05) is 0 Å². The molecule has 4 heteroatoms. The third-order valence-electron chi connectivity index (χ3n) is 5.44. The number of likely N-dealkylation sites (N-methyl/N-ethyl adjacent to an activating group) is 1. The molecule has 1 rings (SSSR count). The molecule has 150 valence electrons. The van der Waals surface area contributed by atoms with Crippen molar-refractivity contribution in [2.75, 3.05) is 33.4 Å². The molecule has 1 unspecified atom stereocenters. The molecule has 1 N–H and O–H groups in total. The number of aliphatic hydroxyl groups is 1. The molecule has 0 radical (unpaired) electrons. The number of hydrogen-bond acceptors (Lipinski definition) is 4. The second kappa shape index (κ2) is 14.0. The van der Waals surface area contributed by atoms with Crippen molar-refractivity contribution in [2.45, 2.75) is 97.1 Å². The largest absolute Gasteiger partial charge is 0.396 e. The summed E-state index contributed by atoms with van der Waals surface area (Å²) in [6, 6.07) is 0.634. The van der Waals surface area contributed by atoms with Crippen LogP contribution in [0, 0.1) is 5.92 Å². The molecule has 0 aromatic heterocycles. The Labute approximate surface area is 156 Å². The molecule has 1 aliphatic rings. The Morgan fingerprint density at radius 1 is 1.04 bits per heavy atom. The lowest BCUT2D eigenvalue weighted by molar-refractivity contribution is -0.0737. The summed E-state index contributed by atoms with van der Waals surface area (Å²) in [7, 11) is 2.20. The van der Waals surface area contributed by atoms with E-state index < -0.39 is 0 Å². The molecule has 0 aromatic carbocycles. The molecule has 25 heavy (non-hydrogen) atoms. The first-order valence-electron chi connectivity index (χ1n) is 10.8. The summed E-state index contributed by atoms with van der Waals surface area (Å²) in [5, 5.41) is 14.2. The Bertz CT molecular complexity index is 304. The van der Waals surface area contributed by atoms with E-state index in [2.05, 4.69) is 37.8 Å². The molecule has 1 atom stereocenters. The average Bonchev–Trinajstić information content (AvgIpc) is 2.55. The van der Waals surface area contributed by atoms with Gasteiger partial charge in [-0.25, -0.2) is 10.0 Å². The third-order valence-corrected chi connectivity index (χ3v) is 5.44. The van der Waals surface area contributed by atoms with Gasteiger partial charge in [0.2, 0.25) is 0 Å². The van der Waals surface area contributed by atoms with Gasteiger partial charge in [-0.15, -0.1) is 0 Å². The minimum atomic E-state index is 0.278. The minimum absolute atomic E-state index is 0.278. The summed E-state index contributed by atoms with van der Waals surface area (Å²) < 4.78 is 6.14. The van der Waals surface area contributed by atoms with Crippen molar-refractivity contribution in [3.05, 3.63) is 0 Å². The third kappa shape index (κ3) is 9.93. The van der Waals surface area contributed by atoms with Crippen LogP contribution in [0.15, 0.2) is 0 Å². The first kappa shape index (κ1) is 22.9. The Hall–Kier alpha value is -0.160. The van der Waals surface area contributed by atoms with Gasteiger partial charge in [0.1, 0.15) is 0 Å². The van der Waals surface area contributed by atoms with E-state index in [0.717, 1.165) is 39.0 Å². The van der Waals surface area contributed by atoms with E-state index in [-0.39, 0.29) is 6.61 Å². The lowest BCUT2D eigenvalue weighted by atomic mass is 9.96. The normalized spacial score (nSPS) is 18.7. The van der Waals surface area contributed by atoms with Gasteiger partial charge in [-0.05, 0) is 38.0 Å². The van der Waals surface area contributed by atoms with Crippen LogP contribution < -0.4 is 0 Å².